The molecule has 0 aliphatic carbocycles. The highest BCUT2D eigenvalue weighted by Gasteiger charge is 2.21. The van der Waals surface area contributed by atoms with Crippen molar-refractivity contribution in [2.75, 3.05) is 0 Å². The highest BCUT2D eigenvalue weighted by atomic mass is 32.1. The topological polar surface area (TPSA) is 29.4 Å². The molecule has 0 fully saturated rings. The average molecular weight is 227 g/mol. The fourth-order valence-corrected chi connectivity index (χ4v) is 2.55. The highest BCUT2D eigenvalue weighted by Crippen LogP contribution is 2.26. The molecule has 1 aliphatic rings. The molecule has 1 aromatic heterocycles. The normalized spacial score (nSPS) is 14.5. The summed E-state index contributed by atoms with van der Waals surface area (Å²) < 4.78 is 0. The fraction of sp³-hybridized carbons (Fsp3) is 0.0769. The molecular formula is C13H9NOS. The summed E-state index contributed by atoms with van der Waals surface area (Å²) in [4.78, 5) is 17.3. The molecule has 0 spiro atoms. The van der Waals surface area contributed by atoms with E-state index in [0.717, 1.165) is 16.1 Å². The van der Waals surface area contributed by atoms with Gasteiger partial charge in [0.15, 0.2) is 5.78 Å². The molecule has 3 heteroatoms. The van der Waals surface area contributed by atoms with Gasteiger partial charge in [-0.05, 0) is 23.1 Å². The van der Waals surface area contributed by atoms with Crippen LogP contribution in [0.5, 0.6) is 0 Å². The summed E-state index contributed by atoms with van der Waals surface area (Å²) in [5, 5.41) is 1.96. The van der Waals surface area contributed by atoms with E-state index in [1.807, 2.05) is 41.8 Å². The number of fused-ring (bicyclic) bond motifs is 1. The van der Waals surface area contributed by atoms with Gasteiger partial charge in [0.25, 0.3) is 0 Å². The number of carbonyl (C=O) groups excluding carboxylic acids is 1. The predicted octanol–water partition coefficient (Wildman–Crippen LogP) is 2.99. The Hall–Kier alpha value is -1.74. The molecule has 0 N–H and O–H groups in total. The van der Waals surface area contributed by atoms with Crippen LogP contribution in [0.25, 0.3) is 0 Å². The van der Waals surface area contributed by atoms with Gasteiger partial charge in [0.05, 0.1) is 10.6 Å². The van der Waals surface area contributed by atoms with E-state index in [0.29, 0.717) is 12.1 Å². The van der Waals surface area contributed by atoms with Gasteiger partial charge in [0.1, 0.15) is 5.71 Å². The lowest BCUT2D eigenvalue weighted by molar-refractivity contribution is -0.112. The summed E-state index contributed by atoms with van der Waals surface area (Å²) in [6, 6.07) is 11.7. The van der Waals surface area contributed by atoms with Gasteiger partial charge in [-0.3, -0.25) is 4.79 Å². The minimum atomic E-state index is 0.112. The Morgan fingerprint density at radius 2 is 2.00 bits per heavy atom. The fourth-order valence-electron chi connectivity index (χ4n) is 1.81. The first-order valence-electron chi connectivity index (χ1n) is 5.08. The molecule has 0 saturated carbocycles. The number of nitrogens with zero attached hydrogens (tertiary/aromatic N) is 1. The number of hydrogen-bond acceptors (Lipinski definition) is 3. The summed E-state index contributed by atoms with van der Waals surface area (Å²) in [6.07, 6.45) is 0.465. The third-order valence-electron chi connectivity index (χ3n) is 2.59. The first-order valence-corrected chi connectivity index (χ1v) is 5.96. The largest absolute Gasteiger partial charge is 0.292 e. The summed E-state index contributed by atoms with van der Waals surface area (Å²) in [5.41, 5.74) is 2.55. The van der Waals surface area contributed by atoms with E-state index >= 15 is 0 Å². The van der Waals surface area contributed by atoms with Crippen molar-refractivity contribution in [3.63, 3.8) is 0 Å². The lowest BCUT2D eigenvalue weighted by Crippen LogP contribution is -2.20. The number of carbonyl (C=O) groups is 1. The zero-order chi connectivity index (χ0) is 11.0. The summed E-state index contributed by atoms with van der Waals surface area (Å²) >= 11 is 1.56. The summed E-state index contributed by atoms with van der Waals surface area (Å²) in [5.74, 6) is 0.112. The van der Waals surface area contributed by atoms with Crippen LogP contribution in [0.4, 0.5) is 5.69 Å². The maximum absolute atomic E-state index is 11.9. The van der Waals surface area contributed by atoms with Gasteiger partial charge < -0.3 is 0 Å². The number of benzene rings is 1. The second kappa shape index (κ2) is 3.68. The maximum atomic E-state index is 11.9. The highest BCUT2D eigenvalue weighted by molar-refractivity contribution is 7.13. The Labute approximate surface area is 97.3 Å². The Morgan fingerprint density at radius 1 is 1.12 bits per heavy atom. The van der Waals surface area contributed by atoms with Crippen LogP contribution in [-0.2, 0) is 11.2 Å². The van der Waals surface area contributed by atoms with Crippen LogP contribution in [0.2, 0.25) is 0 Å². The van der Waals surface area contributed by atoms with E-state index in [1.54, 1.807) is 11.3 Å². The van der Waals surface area contributed by atoms with Crippen molar-refractivity contribution in [3.8, 4) is 0 Å². The van der Waals surface area contributed by atoms with Gasteiger partial charge in [0.2, 0.25) is 0 Å². The molecule has 1 aliphatic heterocycles. The van der Waals surface area contributed by atoms with E-state index in [-0.39, 0.29) is 5.78 Å². The van der Waals surface area contributed by atoms with Crippen LogP contribution in [-0.4, -0.2) is 11.5 Å². The minimum absolute atomic E-state index is 0.112. The first-order chi connectivity index (χ1) is 7.84. The standard InChI is InChI=1S/C13H9NOS/c15-11-8-9-4-1-2-5-10(9)14-13(11)12-6-3-7-16-12/h1-7H,8H2. The smallest absolute Gasteiger partial charge is 0.187 e. The number of thiophene rings is 1. The number of hydrogen-bond donors (Lipinski definition) is 0. The van der Waals surface area contributed by atoms with Crippen molar-refractivity contribution < 1.29 is 4.79 Å². The molecule has 0 saturated heterocycles. The first kappa shape index (κ1) is 9.48. The zero-order valence-corrected chi connectivity index (χ0v) is 9.33. The Bertz CT molecular complexity index is 569. The van der Waals surface area contributed by atoms with Gasteiger partial charge in [-0.25, -0.2) is 4.99 Å². The Morgan fingerprint density at radius 3 is 2.81 bits per heavy atom. The summed E-state index contributed by atoms with van der Waals surface area (Å²) in [6.45, 7) is 0. The molecule has 0 bridgehead atoms. The molecule has 2 nitrogen and oxygen atoms in total. The molecule has 0 radical (unpaired) electrons. The molecule has 2 aromatic rings. The van der Waals surface area contributed by atoms with Crippen LogP contribution in [0, 0.1) is 0 Å². The molecule has 0 unspecified atom stereocenters. The van der Waals surface area contributed by atoms with Crippen molar-refractivity contribution in [3.05, 3.63) is 52.2 Å². The SMILES string of the molecule is O=C1Cc2ccccc2N=C1c1cccs1. The number of Topliss-reactive ketones (excluding diaryl/α,β-unsaturated/α-hetero) is 1. The monoisotopic (exact) mass is 227 g/mol. The Kier molecular flexibility index (Phi) is 2.18. The van der Waals surface area contributed by atoms with Crippen molar-refractivity contribution >= 4 is 28.5 Å². The molecule has 16 heavy (non-hydrogen) atoms. The van der Waals surface area contributed by atoms with E-state index in [1.165, 1.54) is 0 Å². The lowest BCUT2D eigenvalue weighted by Gasteiger charge is -2.12. The van der Waals surface area contributed by atoms with Gasteiger partial charge in [-0.2, -0.15) is 0 Å². The van der Waals surface area contributed by atoms with Crippen molar-refractivity contribution in [1.29, 1.82) is 0 Å². The van der Waals surface area contributed by atoms with Crippen LogP contribution in [0.3, 0.4) is 0 Å². The van der Waals surface area contributed by atoms with Gasteiger partial charge in [0, 0.05) is 6.42 Å². The molecule has 78 valence electrons. The third-order valence-corrected chi connectivity index (χ3v) is 3.47. The Balaban J connectivity index is 2.14. The van der Waals surface area contributed by atoms with Crippen molar-refractivity contribution in [2.24, 2.45) is 4.99 Å². The van der Waals surface area contributed by atoms with E-state index in [9.17, 15) is 4.79 Å². The average Bonchev–Trinajstić information content (AvgIpc) is 2.81. The quantitative estimate of drug-likeness (QED) is 0.736. The van der Waals surface area contributed by atoms with Crippen molar-refractivity contribution in [1.82, 2.24) is 0 Å². The van der Waals surface area contributed by atoms with Gasteiger partial charge in [-0.15, -0.1) is 11.3 Å². The second-order valence-electron chi connectivity index (χ2n) is 3.67. The molecule has 0 atom stereocenters. The van der Waals surface area contributed by atoms with Crippen molar-refractivity contribution in [2.45, 2.75) is 6.42 Å². The van der Waals surface area contributed by atoms with Crippen LogP contribution >= 0.6 is 11.3 Å². The zero-order valence-electron chi connectivity index (χ0n) is 8.51. The van der Waals surface area contributed by atoms with Crippen LogP contribution in [0.1, 0.15) is 10.4 Å². The number of para-hydroxylation sites is 1. The number of rotatable bonds is 1. The van der Waals surface area contributed by atoms with Gasteiger partial charge in [-0.1, -0.05) is 24.3 Å². The molecule has 1 aromatic carbocycles. The van der Waals surface area contributed by atoms with E-state index in [4.69, 9.17) is 0 Å². The van der Waals surface area contributed by atoms with E-state index < -0.39 is 0 Å². The lowest BCUT2D eigenvalue weighted by atomic mass is 10.00. The van der Waals surface area contributed by atoms with Crippen LogP contribution < -0.4 is 0 Å². The number of ketones is 1. The number of aliphatic imine (C=N–C) groups is 1. The predicted molar refractivity (Wildman–Crippen MR) is 65.7 cm³/mol. The van der Waals surface area contributed by atoms with E-state index in [2.05, 4.69) is 4.99 Å². The van der Waals surface area contributed by atoms with Gasteiger partial charge >= 0.3 is 0 Å². The summed E-state index contributed by atoms with van der Waals surface area (Å²) in [7, 11) is 0. The molecular weight excluding hydrogens is 218 g/mol. The molecule has 2 heterocycles. The third kappa shape index (κ3) is 1.49. The second-order valence-corrected chi connectivity index (χ2v) is 4.61. The minimum Gasteiger partial charge on any atom is -0.292 e. The van der Waals surface area contributed by atoms with Crippen LogP contribution in [0.15, 0.2) is 46.8 Å². The molecule has 0 amide bonds. The molecule has 3 rings (SSSR count). The maximum Gasteiger partial charge on any atom is 0.187 e.